The average molecular weight is 257 g/mol. The van der Waals surface area contributed by atoms with Gasteiger partial charge in [0.15, 0.2) is 17.5 Å². The Labute approximate surface area is 106 Å². The summed E-state index contributed by atoms with van der Waals surface area (Å²) in [5.74, 6) is -3.69. The molecule has 0 radical (unpaired) electrons. The van der Waals surface area contributed by atoms with Crippen LogP contribution in [0.4, 0.5) is 13.2 Å². The molecule has 0 spiro atoms. The third-order valence-corrected chi connectivity index (χ3v) is 2.66. The topological polar surface area (TPSA) is 12.0 Å². The van der Waals surface area contributed by atoms with Crippen molar-refractivity contribution in [3.63, 3.8) is 0 Å². The number of hydrogen-bond donors (Lipinski definition) is 1. The first kappa shape index (κ1) is 14.8. The molecule has 0 heterocycles. The molecule has 1 aromatic rings. The van der Waals surface area contributed by atoms with Gasteiger partial charge in [0.05, 0.1) is 0 Å². The maximum atomic E-state index is 13.5. The Kier molecular flexibility index (Phi) is 5.92. The third kappa shape index (κ3) is 3.88. The van der Waals surface area contributed by atoms with Gasteiger partial charge in [-0.3, -0.25) is 0 Å². The minimum Gasteiger partial charge on any atom is -0.316 e. The van der Waals surface area contributed by atoms with Gasteiger partial charge < -0.3 is 5.32 Å². The molecule has 1 N–H and O–H groups in total. The highest BCUT2D eigenvalue weighted by Gasteiger charge is 2.13. The SMILES string of the molecule is CCCNCCC=C(C)c1ccc(F)c(F)c1F. The molecular weight excluding hydrogens is 239 g/mol. The van der Waals surface area contributed by atoms with Gasteiger partial charge in [0, 0.05) is 5.56 Å². The third-order valence-electron chi connectivity index (χ3n) is 2.66. The van der Waals surface area contributed by atoms with E-state index >= 15 is 0 Å². The van der Waals surface area contributed by atoms with E-state index in [9.17, 15) is 13.2 Å². The Morgan fingerprint density at radius 1 is 1.17 bits per heavy atom. The lowest BCUT2D eigenvalue weighted by Crippen LogP contribution is -2.15. The molecule has 4 heteroatoms. The fourth-order valence-corrected chi connectivity index (χ4v) is 1.63. The van der Waals surface area contributed by atoms with Crippen molar-refractivity contribution in [1.82, 2.24) is 5.32 Å². The van der Waals surface area contributed by atoms with Gasteiger partial charge in [-0.15, -0.1) is 0 Å². The van der Waals surface area contributed by atoms with E-state index in [1.54, 1.807) is 6.92 Å². The fourth-order valence-electron chi connectivity index (χ4n) is 1.63. The van der Waals surface area contributed by atoms with E-state index in [1.165, 1.54) is 6.07 Å². The number of halogens is 3. The summed E-state index contributed by atoms with van der Waals surface area (Å²) >= 11 is 0. The summed E-state index contributed by atoms with van der Waals surface area (Å²) in [6.45, 7) is 5.49. The smallest absolute Gasteiger partial charge is 0.195 e. The van der Waals surface area contributed by atoms with Crippen molar-refractivity contribution < 1.29 is 13.2 Å². The zero-order valence-electron chi connectivity index (χ0n) is 10.7. The molecule has 0 aliphatic carbocycles. The molecule has 0 amide bonds. The first-order chi connectivity index (χ1) is 8.57. The van der Waals surface area contributed by atoms with Gasteiger partial charge in [0.1, 0.15) is 0 Å². The first-order valence-electron chi connectivity index (χ1n) is 6.09. The molecule has 0 atom stereocenters. The van der Waals surface area contributed by atoms with Crippen LogP contribution in [0.2, 0.25) is 0 Å². The first-order valence-corrected chi connectivity index (χ1v) is 6.09. The maximum Gasteiger partial charge on any atom is 0.195 e. The number of rotatable bonds is 6. The summed E-state index contributed by atoms with van der Waals surface area (Å²) in [7, 11) is 0. The van der Waals surface area contributed by atoms with E-state index in [1.807, 2.05) is 6.08 Å². The average Bonchev–Trinajstić information content (AvgIpc) is 2.35. The van der Waals surface area contributed by atoms with Gasteiger partial charge in [0.2, 0.25) is 0 Å². The van der Waals surface area contributed by atoms with Crippen LogP contribution in [0, 0.1) is 17.5 Å². The number of nitrogens with one attached hydrogen (secondary N) is 1. The normalized spacial score (nSPS) is 11.9. The van der Waals surface area contributed by atoms with Crippen LogP contribution < -0.4 is 5.32 Å². The summed E-state index contributed by atoms with van der Waals surface area (Å²) in [5.41, 5.74) is 0.731. The number of hydrogen-bond acceptors (Lipinski definition) is 1. The fraction of sp³-hybridized carbons (Fsp3) is 0.429. The van der Waals surface area contributed by atoms with E-state index in [4.69, 9.17) is 0 Å². The largest absolute Gasteiger partial charge is 0.316 e. The summed E-state index contributed by atoms with van der Waals surface area (Å²) in [6, 6.07) is 2.21. The zero-order valence-corrected chi connectivity index (χ0v) is 10.7. The van der Waals surface area contributed by atoms with Crippen LogP contribution in [0.1, 0.15) is 32.3 Å². The van der Waals surface area contributed by atoms with E-state index in [-0.39, 0.29) is 5.56 Å². The molecule has 1 aromatic carbocycles. The van der Waals surface area contributed by atoms with E-state index < -0.39 is 17.5 Å². The molecule has 0 saturated heterocycles. The van der Waals surface area contributed by atoms with Crippen molar-refractivity contribution in [1.29, 1.82) is 0 Å². The molecule has 0 aliphatic heterocycles. The van der Waals surface area contributed by atoms with Crippen molar-refractivity contribution in [2.75, 3.05) is 13.1 Å². The number of benzene rings is 1. The monoisotopic (exact) mass is 257 g/mol. The molecule has 0 saturated carbocycles. The Morgan fingerprint density at radius 3 is 2.56 bits per heavy atom. The maximum absolute atomic E-state index is 13.5. The van der Waals surface area contributed by atoms with E-state index in [2.05, 4.69) is 12.2 Å². The molecule has 0 unspecified atom stereocenters. The van der Waals surface area contributed by atoms with Gasteiger partial charge in [-0.25, -0.2) is 13.2 Å². The Hall–Kier alpha value is -1.29. The molecule has 0 bridgehead atoms. The van der Waals surface area contributed by atoms with Crippen molar-refractivity contribution in [2.24, 2.45) is 0 Å². The van der Waals surface area contributed by atoms with Gasteiger partial charge in [0.25, 0.3) is 0 Å². The lowest BCUT2D eigenvalue weighted by atomic mass is 10.1. The van der Waals surface area contributed by atoms with Gasteiger partial charge in [-0.05, 0) is 50.6 Å². The van der Waals surface area contributed by atoms with Crippen molar-refractivity contribution in [3.05, 3.63) is 41.2 Å². The number of allylic oxidation sites excluding steroid dienone is 1. The molecule has 1 rings (SSSR count). The van der Waals surface area contributed by atoms with Gasteiger partial charge in [-0.1, -0.05) is 13.0 Å². The van der Waals surface area contributed by atoms with Gasteiger partial charge >= 0.3 is 0 Å². The van der Waals surface area contributed by atoms with Crippen LogP contribution in [0.3, 0.4) is 0 Å². The quantitative estimate of drug-likeness (QED) is 0.602. The molecule has 0 aromatic heterocycles. The zero-order chi connectivity index (χ0) is 13.5. The van der Waals surface area contributed by atoms with Crippen LogP contribution in [-0.2, 0) is 0 Å². The lowest BCUT2D eigenvalue weighted by molar-refractivity contribution is 0.445. The standard InChI is InChI=1S/C14H18F3N/c1-3-8-18-9-4-5-10(2)11-6-7-12(15)14(17)13(11)16/h5-7,18H,3-4,8-9H2,1-2H3. The van der Waals surface area contributed by atoms with Crippen molar-refractivity contribution in [3.8, 4) is 0 Å². The minimum absolute atomic E-state index is 0.115. The van der Waals surface area contributed by atoms with Crippen LogP contribution in [0.15, 0.2) is 18.2 Å². The van der Waals surface area contributed by atoms with Crippen LogP contribution in [0.5, 0.6) is 0 Å². The molecule has 100 valence electrons. The highest BCUT2D eigenvalue weighted by atomic mass is 19.2. The highest BCUT2D eigenvalue weighted by Crippen LogP contribution is 2.22. The molecular formula is C14H18F3N. The van der Waals surface area contributed by atoms with E-state index in [0.29, 0.717) is 5.57 Å². The molecule has 0 fully saturated rings. The highest BCUT2D eigenvalue weighted by molar-refractivity contribution is 5.64. The molecule has 18 heavy (non-hydrogen) atoms. The minimum atomic E-state index is -1.41. The van der Waals surface area contributed by atoms with E-state index in [0.717, 1.165) is 32.0 Å². The Morgan fingerprint density at radius 2 is 1.89 bits per heavy atom. The van der Waals surface area contributed by atoms with Crippen molar-refractivity contribution >= 4 is 5.57 Å². The summed E-state index contributed by atoms with van der Waals surface area (Å²) in [6.07, 6.45) is 3.60. The predicted octanol–water partition coefficient (Wildman–Crippen LogP) is 3.90. The molecule has 0 aliphatic rings. The second-order valence-corrected chi connectivity index (χ2v) is 4.15. The summed E-state index contributed by atoms with van der Waals surface area (Å²) in [5, 5.41) is 3.20. The Balaban J connectivity index is 2.69. The second-order valence-electron chi connectivity index (χ2n) is 4.15. The predicted molar refractivity (Wildman–Crippen MR) is 67.7 cm³/mol. The summed E-state index contributed by atoms with van der Waals surface area (Å²) < 4.78 is 39.3. The van der Waals surface area contributed by atoms with Crippen LogP contribution in [0.25, 0.3) is 5.57 Å². The van der Waals surface area contributed by atoms with Crippen LogP contribution >= 0.6 is 0 Å². The summed E-state index contributed by atoms with van der Waals surface area (Å²) in [4.78, 5) is 0. The van der Waals surface area contributed by atoms with Crippen molar-refractivity contribution in [2.45, 2.75) is 26.7 Å². The molecule has 1 nitrogen and oxygen atoms in total. The van der Waals surface area contributed by atoms with Crippen LogP contribution in [-0.4, -0.2) is 13.1 Å². The van der Waals surface area contributed by atoms with Gasteiger partial charge in [-0.2, -0.15) is 0 Å². The lowest BCUT2D eigenvalue weighted by Gasteiger charge is -2.06. The second kappa shape index (κ2) is 7.21. The Bertz CT molecular complexity index is 427.